The zero-order chi connectivity index (χ0) is 11.6. The smallest absolute Gasteiger partial charge is 0.314 e. The molecule has 3 nitrogen and oxygen atoms in total. The summed E-state index contributed by atoms with van der Waals surface area (Å²) in [5.74, 6) is -0.829. The minimum atomic E-state index is -0.989. The first-order valence-electron chi connectivity index (χ1n) is 5.46. The maximum absolute atomic E-state index is 11.5. The quantitative estimate of drug-likeness (QED) is 0.827. The molecule has 1 aliphatic rings. The molecule has 84 valence electrons. The number of ketones is 1. The molecule has 1 fully saturated rings. The van der Waals surface area contributed by atoms with E-state index in [9.17, 15) is 14.7 Å². The van der Waals surface area contributed by atoms with Crippen LogP contribution in [0.15, 0.2) is 30.3 Å². The van der Waals surface area contributed by atoms with E-state index in [4.69, 9.17) is 0 Å². The fourth-order valence-corrected chi connectivity index (χ4v) is 2.41. The molecule has 0 saturated heterocycles. The number of rotatable bonds is 2. The van der Waals surface area contributed by atoms with E-state index < -0.39 is 11.4 Å². The SMILES string of the molecule is O=C1CCCC(C(=O)O)(c2ccccc2)C1. The van der Waals surface area contributed by atoms with Crippen molar-refractivity contribution in [3.05, 3.63) is 35.9 Å². The van der Waals surface area contributed by atoms with Crippen LogP contribution in [0.5, 0.6) is 0 Å². The third-order valence-corrected chi connectivity index (χ3v) is 3.29. The van der Waals surface area contributed by atoms with Crippen LogP contribution in [0.3, 0.4) is 0 Å². The van der Waals surface area contributed by atoms with Crippen LogP contribution >= 0.6 is 0 Å². The summed E-state index contributed by atoms with van der Waals surface area (Å²) in [4.78, 5) is 23.0. The van der Waals surface area contributed by atoms with Crippen LogP contribution in [-0.4, -0.2) is 16.9 Å². The van der Waals surface area contributed by atoms with E-state index in [-0.39, 0.29) is 12.2 Å². The fraction of sp³-hybridized carbons (Fsp3) is 0.385. The molecule has 1 N–H and O–H groups in total. The van der Waals surface area contributed by atoms with E-state index in [0.717, 1.165) is 5.56 Å². The predicted molar refractivity (Wildman–Crippen MR) is 59.2 cm³/mol. The van der Waals surface area contributed by atoms with Crippen molar-refractivity contribution in [2.45, 2.75) is 31.1 Å². The first kappa shape index (κ1) is 10.9. The Morgan fingerprint density at radius 1 is 1.25 bits per heavy atom. The number of carbonyl (C=O) groups is 2. The van der Waals surface area contributed by atoms with E-state index in [1.165, 1.54) is 0 Å². The van der Waals surface area contributed by atoms with Crippen LogP contribution in [0, 0.1) is 0 Å². The molecule has 2 rings (SSSR count). The standard InChI is InChI=1S/C13H14O3/c14-11-7-4-8-13(9-11,12(15)16)10-5-2-1-3-6-10/h1-3,5-6H,4,7-9H2,(H,15,16). The molecular formula is C13H14O3. The van der Waals surface area contributed by atoms with Crippen molar-refractivity contribution in [1.82, 2.24) is 0 Å². The normalized spacial score (nSPS) is 25.4. The molecule has 0 spiro atoms. The molecule has 0 aromatic heterocycles. The number of aliphatic carboxylic acids is 1. The summed E-state index contributed by atoms with van der Waals surface area (Å²) in [6, 6.07) is 9.08. The minimum absolute atomic E-state index is 0.0532. The average Bonchev–Trinajstić information content (AvgIpc) is 2.30. The largest absolute Gasteiger partial charge is 0.481 e. The number of carbonyl (C=O) groups excluding carboxylic acids is 1. The molecule has 0 bridgehead atoms. The van der Waals surface area contributed by atoms with Crippen LogP contribution in [0.25, 0.3) is 0 Å². The Hall–Kier alpha value is -1.64. The number of hydrogen-bond acceptors (Lipinski definition) is 2. The number of carboxylic acid groups (broad SMARTS) is 1. The van der Waals surface area contributed by atoms with E-state index in [1.54, 1.807) is 12.1 Å². The summed E-state index contributed by atoms with van der Waals surface area (Å²) >= 11 is 0. The van der Waals surface area contributed by atoms with Gasteiger partial charge in [0, 0.05) is 12.8 Å². The highest BCUT2D eigenvalue weighted by molar-refractivity contribution is 5.91. The summed E-state index contributed by atoms with van der Waals surface area (Å²) < 4.78 is 0. The summed E-state index contributed by atoms with van der Waals surface area (Å²) in [6.45, 7) is 0. The van der Waals surface area contributed by atoms with Crippen molar-refractivity contribution in [3.8, 4) is 0 Å². The Morgan fingerprint density at radius 2 is 1.94 bits per heavy atom. The maximum Gasteiger partial charge on any atom is 0.314 e. The van der Waals surface area contributed by atoms with Crippen molar-refractivity contribution in [1.29, 1.82) is 0 Å². The number of Topliss-reactive ketones (excluding diaryl/α,β-unsaturated/α-hetero) is 1. The molecule has 1 unspecified atom stereocenters. The second-order valence-electron chi connectivity index (χ2n) is 4.32. The van der Waals surface area contributed by atoms with Crippen molar-refractivity contribution >= 4 is 11.8 Å². The first-order chi connectivity index (χ1) is 7.65. The van der Waals surface area contributed by atoms with Gasteiger partial charge in [0.15, 0.2) is 0 Å². The molecule has 1 saturated carbocycles. The van der Waals surface area contributed by atoms with Gasteiger partial charge in [-0.15, -0.1) is 0 Å². The zero-order valence-electron chi connectivity index (χ0n) is 8.98. The minimum Gasteiger partial charge on any atom is -0.481 e. The topological polar surface area (TPSA) is 54.4 Å². The molecule has 1 atom stereocenters. The van der Waals surface area contributed by atoms with Gasteiger partial charge < -0.3 is 5.11 Å². The van der Waals surface area contributed by atoms with Crippen molar-refractivity contribution in [2.24, 2.45) is 0 Å². The maximum atomic E-state index is 11.5. The van der Waals surface area contributed by atoms with Gasteiger partial charge in [0.2, 0.25) is 0 Å². The number of benzene rings is 1. The summed E-state index contributed by atoms with van der Waals surface area (Å²) in [7, 11) is 0. The lowest BCUT2D eigenvalue weighted by Crippen LogP contribution is -2.40. The van der Waals surface area contributed by atoms with Gasteiger partial charge in [0.25, 0.3) is 0 Å². The van der Waals surface area contributed by atoms with Crippen molar-refractivity contribution < 1.29 is 14.7 Å². The Morgan fingerprint density at radius 3 is 2.50 bits per heavy atom. The van der Waals surface area contributed by atoms with Crippen LogP contribution in [0.1, 0.15) is 31.2 Å². The molecular weight excluding hydrogens is 204 g/mol. The molecule has 1 aromatic rings. The highest BCUT2D eigenvalue weighted by Crippen LogP contribution is 2.38. The van der Waals surface area contributed by atoms with E-state index in [1.807, 2.05) is 18.2 Å². The van der Waals surface area contributed by atoms with Gasteiger partial charge in [-0.25, -0.2) is 0 Å². The molecule has 1 aliphatic carbocycles. The van der Waals surface area contributed by atoms with Crippen LogP contribution in [-0.2, 0) is 15.0 Å². The van der Waals surface area contributed by atoms with Gasteiger partial charge in [-0.3, -0.25) is 9.59 Å². The third-order valence-electron chi connectivity index (χ3n) is 3.29. The van der Waals surface area contributed by atoms with Gasteiger partial charge in [0.1, 0.15) is 5.78 Å². The van der Waals surface area contributed by atoms with Gasteiger partial charge >= 0.3 is 5.97 Å². The Balaban J connectivity index is 2.43. The fourth-order valence-electron chi connectivity index (χ4n) is 2.41. The Bertz CT molecular complexity index is 410. The molecule has 0 radical (unpaired) electrons. The van der Waals surface area contributed by atoms with Gasteiger partial charge in [0.05, 0.1) is 5.41 Å². The van der Waals surface area contributed by atoms with E-state index in [2.05, 4.69) is 0 Å². The average molecular weight is 218 g/mol. The zero-order valence-corrected chi connectivity index (χ0v) is 8.98. The van der Waals surface area contributed by atoms with Gasteiger partial charge in [-0.05, 0) is 18.4 Å². The third kappa shape index (κ3) is 1.73. The van der Waals surface area contributed by atoms with Crippen molar-refractivity contribution in [2.75, 3.05) is 0 Å². The van der Waals surface area contributed by atoms with E-state index >= 15 is 0 Å². The molecule has 0 aliphatic heterocycles. The van der Waals surface area contributed by atoms with E-state index in [0.29, 0.717) is 19.3 Å². The highest BCUT2D eigenvalue weighted by atomic mass is 16.4. The summed E-state index contributed by atoms with van der Waals surface area (Å²) in [6.07, 6.45) is 1.87. The summed E-state index contributed by atoms with van der Waals surface area (Å²) in [5, 5.41) is 9.41. The number of carboxylic acids is 1. The second-order valence-corrected chi connectivity index (χ2v) is 4.32. The molecule has 1 aromatic carbocycles. The lowest BCUT2D eigenvalue weighted by molar-refractivity contribution is -0.147. The van der Waals surface area contributed by atoms with Gasteiger partial charge in [-0.1, -0.05) is 30.3 Å². The monoisotopic (exact) mass is 218 g/mol. The van der Waals surface area contributed by atoms with Gasteiger partial charge in [-0.2, -0.15) is 0 Å². The van der Waals surface area contributed by atoms with Crippen LogP contribution in [0.4, 0.5) is 0 Å². The first-order valence-corrected chi connectivity index (χ1v) is 5.46. The lowest BCUT2D eigenvalue weighted by atomic mass is 9.69. The van der Waals surface area contributed by atoms with Crippen molar-refractivity contribution in [3.63, 3.8) is 0 Å². The molecule has 16 heavy (non-hydrogen) atoms. The lowest BCUT2D eigenvalue weighted by Gasteiger charge is -2.32. The molecule has 0 amide bonds. The second kappa shape index (κ2) is 4.08. The van der Waals surface area contributed by atoms with Crippen LogP contribution < -0.4 is 0 Å². The molecule has 3 heteroatoms. The Kier molecular flexibility index (Phi) is 2.77. The predicted octanol–water partition coefficient (Wildman–Crippen LogP) is 2.15. The highest BCUT2D eigenvalue weighted by Gasteiger charge is 2.43. The van der Waals surface area contributed by atoms with Crippen LogP contribution in [0.2, 0.25) is 0 Å². The summed E-state index contributed by atoms with van der Waals surface area (Å²) in [5.41, 5.74) is -0.244. The Labute approximate surface area is 94.1 Å². The molecule has 0 heterocycles. The number of hydrogen-bond donors (Lipinski definition) is 1.